The minimum absolute atomic E-state index is 0.0602. The number of hydrogen-bond acceptors (Lipinski definition) is 15. The van der Waals surface area contributed by atoms with Gasteiger partial charge in [0.05, 0.1) is 13.5 Å². The molecule has 6 aromatic rings. The summed E-state index contributed by atoms with van der Waals surface area (Å²) in [6, 6.07) is 11.9. The van der Waals surface area contributed by atoms with Crippen LogP contribution in [-0.4, -0.2) is 170 Å². The van der Waals surface area contributed by atoms with E-state index in [1.54, 1.807) is 55.1 Å². The Balaban J connectivity index is 1.05. The number of thioether (sulfide) groups is 2. The largest absolute Gasteiger partial charge is 0.497 e. The van der Waals surface area contributed by atoms with Crippen molar-refractivity contribution >= 4 is 99.1 Å². The number of halogens is 2. The fourth-order valence-electron chi connectivity index (χ4n) is 12.4. The molecule has 1 fully saturated rings. The number of nitrogens with one attached hydrogen (secondary N) is 10. The highest BCUT2D eigenvalue weighted by atomic mass is 32.2. The van der Waals surface area contributed by atoms with Crippen LogP contribution in [-0.2, 0) is 85.1 Å². The Hall–Kier alpha value is -9.61. The number of benzene rings is 4. The number of nitrogens with two attached hydrogens (primary N) is 1. The maximum absolute atomic E-state index is 15.2. The number of carboxylic acids is 1. The van der Waals surface area contributed by atoms with Crippen LogP contribution in [0.2, 0.25) is 0 Å². The maximum atomic E-state index is 15.2. The van der Waals surface area contributed by atoms with Crippen LogP contribution < -0.4 is 53.0 Å². The van der Waals surface area contributed by atoms with Gasteiger partial charge in [0.15, 0.2) is 0 Å². The van der Waals surface area contributed by atoms with E-state index >= 15 is 19.2 Å². The second-order valence-corrected chi connectivity index (χ2v) is 27.5. The minimum atomic E-state index is -2.00. The zero-order valence-corrected chi connectivity index (χ0v) is 57.5. The van der Waals surface area contributed by atoms with E-state index in [0.717, 1.165) is 11.1 Å². The number of amides is 9. The second kappa shape index (κ2) is 35.4. The fourth-order valence-corrected chi connectivity index (χ4v) is 14.1. The Morgan fingerprint density at radius 3 is 2.06 bits per heavy atom. The summed E-state index contributed by atoms with van der Waals surface area (Å²) in [5, 5.41) is 32.4. The molecule has 9 rings (SSSR count). The monoisotopic (exact) mass is 1410 g/mol. The summed E-state index contributed by atoms with van der Waals surface area (Å²) >= 11 is 3.13. The number of carboxylic acid groups (broad SMARTS) is 1. The van der Waals surface area contributed by atoms with E-state index in [2.05, 4.69) is 63.6 Å². The molecule has 13 N–H and O–H groups in total. The molecule has 532 valence electrons. The van der Waals surface area contributed by atoms with Crippen LogP contribution in [0.25, 0.3) is 16.5 Å². The summed E-state index contributed by atoms with van der Waals surface area (Å²) in [4.78, 5) is 156. The standard InChI is InChI=1S/C71H85F2N13O12S2/c1-41-63(90)81-55(32-46-14-13-45-15-16-48(72)34-51(45)46)65(92)82-56(33-47-38-78-53-20-17-49(73)35-52(47)53)66(93)84-58(37-62(88)89)68(95)83-57(36-60-75-24-25-76-60)67(94)85-59(31-42-11-18-50(98-3)19-12-42)69(96)86-27-7-22-71(86,2)70(97)77-26-29-100-40-44-9-6-8-43(30-44)39-99-28-21-61(87)80-54(64(91)79-41)10-4-5-23-74/h6,8-9,11-12,14-20,24-25,30,34-35,38,41,54-59,78H,4-5,7,10,13,21-23,26-29,31-33,36-37,39-40,74H2,1-3H3,(H,75,76)(H,77,97)(H,79,91)(H,80,87)(H,81,90)(H,82,92)(H,83,95)(H,84,93)(H,85,94)(H,88,89)/t41-,54+,55+,56+,57+,58+,59+,71+/m1/s1. The van der Waals surface area contributed by atoms with Gasteiger partial charge in [0.2, 0.25) is 53.2 Å². The molecule has 2 aliphatic heterocycles. The molecule has 100 heavy (non-hydrogen) atoms. The number of nitrogens with zero attached hydrogens (tertiary/aromatic N) is 2. The number of hydrogen-bond donors (Lipinski definition) is 12. The van der Waals surface area contributed by atoms with Crippen LogP contribution in [0.3, 0.4) is 0 Å². The molecule has 2 aromatic heterocycles. The lowest BCUT2D eigenvalue weighted by Crippen LogP contribution is -2.62. The molecule has 3 aliphatic rings. The lowest BCUT2D eigenvalue weighted by Gasteiger charge is -2.36. The molecule has 1 aliphatic carbocycles. The van der Waals surface area contributed by atoms with Crippen LogP contribution in [0.1, 0.15) is 104 Å². The van der Waals surface area contributed by atoms with E-state index in [-0.39, 0.29) is 62.0 Å². The predicted octanol–water partition coefficient (Wildman–Crippen LogP) is 4.32. The number of ether oxygens (including phenoxy) is 1. The van der Waals surface area contributed by atoms with Crippen LogP contribution in [0.5, 0.6) is 5.75 Å². The molecular formula is C71H85F2N13O12S2. The normalized spacial score (nSPS) is 23.3. The van der Waals surface area contributed by atoms with Crippen molar-refractivity contribution in [2.24, 2.45) is 5.73 Å². The molecular weight excluding hydrogens is 1330 g/mol. The Morgan fingerprint density at radius 2 is 1.36 bits per heavy atom. The van der Waals surface area contributed by atoms with Crippen molar-refractivity contribution in [3.05, 3.63) is 160 Å². The summed E-state index contributed by atoms with van der Waals surface area (Å²) in [5.74, 6) is -7.26. The van der Waals surface area contributed by atoms with Gasteiger partial charge < -0.3 is 73.0 Å². The maximum Gasteiger partial charge on any atom is 0.305 e. The number of unbranched alkanes of at least 4 members (excludes halogenated alkanes) is 1. The topological polar surface area (TPSA) is 370 Å². The third-order valence-corrected chi connectivity index (χ3v) is 20.0. The Morgan fingerprint density at radius 1 is 0.710 bits per heavy atom. The lowest BCUT2D eigenvalue weighted by atomic mass is 9.95. The van der Waals surface area contributed by atoms with E-state index < -0.39 is 131 Å². The SMILES string of the molecule is COc1ccc(C[C@@H]2NC(=O)[C@H](Cc3ncc[nH]3)NC(=O)[C@H](CC(=O)O)NC(=O)[C@H](Cc3c[nH]c4ccc(F)cc34)NC(=O)[C@H](CC3=CCc4ccc(F)cc43)NC(=O)[C@@H](C)NC(=O)[C@H](CCCCN)NC(=O)CCSCc3cccc(c3)CSCCNC(=O)[C@]3(C)CCCN3C2=O)cc1. The van der Waals surface area contributed by atoms with Gasteiger partial charge in [0.25, 0.3) is 0 Å². The van der Waals surface area contributed by atoms with Gasteiger partial charge in [-0.3, -0.25) is 47.9 Å². The molecule has 0 unspecified atom stereocenters. The lowest BCUT2D eigenvalue weighted by molar-refractivity contribution is -0.146. The summed E-state index contributed by atoms with van der Waals surface area (Å²) in [7, 11) is 1.49. The van der Waals surface area contributed by atoms with Gasteiger partial charge in [-0.2, -0.15) is 23.5 Å². The highest BCUT2D eigenvalue weighted by Crippen LogP contribution is 2.33. The minimum Gasteiger partial charge on any atom is -0.497 e. The van der Waals surface area contributed by atoms with Gasteiger partial charge in [0.1, 0.15) is 71.0 Å². The molecule has 8 atom stereocenters. The number of imidazole rings is 1. The van der Waals surface area contributed by atoms with Crippen LogP contribution >= 0.6 is 23.5 Å². The van der Waals surface area contributed by atoms with Crippen molar-refractivity contribution in [3.63, 3.8) is 0 Å². The number of carbonyl (C=O) groups excluding carboxylic acids is 9. The van der Waals surface area contributed by atoms with E-state index in [4.69, 9.17) is 10.5 Å². The van der Waals surface area contributed by atoms with E-state index in [0.29, 0.717) is 95.2 Å². The number of H-pyrrole nitrogens is 2. The molecule has 4 aromatic carbocycles. The Bertz CT molecular complexity index is 3970. The zero-order chi connectivity index (χ0) is 71.5. The first-order valence-electron chi connectivity index (χ1n) is 33.3. The average Bonchev–Trinajstić information content (AvgIpc) is 1.62. The van der Waals surface area contributed by atoms with Gasteiger partial charge in [-0.1, -0.05) is 48.5 Å². The van der Waals surface area contributed by atoms with Crippen molar-refractivity contribution < 1.29 is 66.6 Å². The second-order valence-electron chi connectivity index (χ2n) is 25.3. The first kappa shape index (κ1) is 74.6. The molecule has 1 saturated heterocycles. The van der Waals surface area contributed by atoms with Gasteiger partial charge in [-0.05, 0) is 140 Å². The Kier molecular flexibility index (Phi) is 26.4. The van der Waals surface area contributed by atoms with Crippen LogP contribution in [0.4, 0.5) is 8.78 Å². The highest BCUT2D eigenvalue weighted by molar-refractivity contribution is 7.98. The highest BCUT2D eigenvalue weighted by Gasteiger charge is 2.48. The summed E-state index contributed by atoms with van der Waals surface area (Å²) in [6.45, 7) is 3.79. The van der Waals surface area contributed by atoms with Gasteiger partial charge in [-0.15, -0.1) is 0 Å². The fraction of sp³-hybridized carbons (Fsp3) is 0.423. The van der Waals surface area contributed by atoms with Crippen molar-refractivity contribution in [2.45, 2.75) is 150 Å². The molecule has 0 saturated carbocycles. The predicted molar refractivity (Wildman–Crippen MR) is 374 cm³/mol. The number of carbonyl (C=O) groups is 10. The number of rotatable bonds is 15. The van der Waals surface area contributed by atoms with E-state index in [1.807, 2.05) is 18.2 Å². The summed E-state index contributed by atoms with van der Waals surface area (Å²) in [6.07, 6.45) is 6.08. The van der Waals surface area contributed by atoms with Crippen molar-refractivity contribution in [1.82, 2.24) is 62.4 Å². The quantitative estimate of drug-likeness (QED) is 0.0637. The number of methoxy groups -OCH3 is 1. The summed E-state index contributed by atoms with van der Waals surface area (Å²) < 4.78 is 35.3. The molecule has 0 spiro atoms. The first-order chi connectivity index (χ1) is 48.1. The molecule has 4 heterocycles. The van der Waals surface area contributed by atoms with Crippen molar-refractivity contribution in [2.75, 3.05) is 38.2 Å². The number of aromatic nitrogens is 3. The molecule has 2 bridgehead atoms. The summed E-state index contributed by atoms with van der Waals surface area (Å²) in [5.41, 5.74) is 9.41. The van der Waals surface area contributed by atoms with Gasteiger partial charge >= 0.3 is 5.97 Å². The van der Waals surface area contributed by atoms with Gasteiger partial charge in [0, 0.05) is 97.7 Å². The molecule has 29 heteroatoms. The molecule has 9 amide bonds. The van der Waals surface area contributed by atoms with Crippen molar-refractivity contribution in [1.29, 1.82) is 0 Å². The number of allylic oxidation sites excluding steroid dienone is 1. The van der Waals surface area contributed by atoms with Gasteiger partial charge in [-0.25, -0.2) is 13.8 Å². The molecule has 0 radical (unpaired) electrons. The van der Waals surface area contributed by atoms with Crippen LogP contribution in [0, 0.1) is 11.6 Å². The van der Waals surface area contributed by atoms with E-state index in [1.165, 1.54) is 79.6 Å². The van der Waals surface area contributed by atoms with Crippen molar-refractivity contribution in [3.8, 4) is 5.75 Å². The van der Waals surface area contributed by atoms with Crippen LogP contribution in [0.15, 0.2) is 110 Å². The number of aromatic amines is 2. The first-order valence-corrected chi connectivity index (χ1v) is 35.6. The number of aliphatic carboxylic acids is 1. The smallest absolute Gasteiger partial charge is 0.305 e. The average molecular weight is 1410 g/mol. The number of fused-ring (bicyclic) bond motifs is 5. The van der Waals surface area contributed by atoms with E-state index in [9.17, 15) is 42.7 Å². The zero-order valence-electron chi connectivity index (χ0n) is 55.9. The molecule has 25 nitrogen and oxygen atoms in total. The third-order valence-electron chi connectivity index (χ3n) is 17.9. The third kappa shape index (κ3) is 20.3. The Labute approximate surface area is 585 Å².